The molecular formula is C21H24N4O3S2. The van der Waals surface area contributed by atoms with Gasteiger partial charge in [0.1, 0.15) is 11.0 Å². The molecule has 2 atom stereocenters. The van der Waals surface area contributed by atoms with Gasteiger partial charge in [-0.2, -0.15) is 0 Å². The Hall–Kier alpha value is -2.62. The highest BCUT2D eigenvalue weighted by Crippen LogP contribution is 2.26. The highest BCUT2D eigenvalue weighted by molar-refractivity contribution is 7.88. The summed E-state index contributed by atoms with van der Waals surface area (Å²) in [5.41, 5.74) is 1.56. The van der Waals surface area contributed by atoms with Crippen LogP contribution in [0.15, 0.2) is 60.7 Å². The van der Waals surface area contributed by atoms with E-state index in [4.69, 9.17) is 0 Å². The van der Waals surface area contributed by atoms with Gasteiger partial charge in [0.05, 0.1) is 5.75 Å². The third-order valence-electron chi connectivity index (χ3n) is 4.68. The number of nitrogens with zero attached hydrogens (tertiary/aromatic N) is 2. The van der Waals surface area contributed by atoms with Gasteiger partial charge in [0.25, 0.3) is 0 Å². The third kappa shape index (κ3) is 5.94. The molecule has 30 heavy (non-hydrogen) atoms. The molecule has 0 spiro atoms. The average Bonchev–Trinajstić information content (AvgIpc) is 3.21. The number of carbonyl (C=O) groups excluding carboxylic acids is 1. The van der Waals surface area contributed by atoms with E-state index in [1.165, 1.54) is 11.3 Å². The molecule has 0 aliphatic heterocycles. The van der Waals surface area contributed by atoms with Gasteiger partial charge in [-0.05, 0) is 11.5 Å². The second-order valence-electron chi connectivity index (χ2n) is 6.99. The first-order chi connectivity index (χ1) is 14.4. The topological polar surface area (TPSA) is 101 Å². The van der Waals surface area contributed by atoms with Crippen LogP contribution in [0.25, 0.3) is 10.6 Å². The van der Waals surface area contributed by atoms with Gasteiger partial charge in [0, 0.05) is 5.56 Å². The van der Waals surface area contributed by atoms with Crippen LogP contribution in [0.5, 0.6) is 0 Å². The summed E-state index contributed by atoms with van der Waals surface area (Å²) in [6.07, 6.45) is 0.636. The summed E-state index contributed by atoms with van der Waals surface area (Å²) in [6, 6.07) is 17.5. The van der Waals surface area contributed by atoms with Crippen molar-refractivity contribution in [3.05, 3.63) is 66.2 Å². The average molecular weight is 445 g/mol. The minimum Gasteiger partial charge on any atom is -0.299 e. The van der Waals surface area contributed by atoms with Crippen LogP contribution in [-0.4, -0.2) is 30.6 Å². The van der Waals surface area contributed by atoms with E-state index in [1.54, 1.807) is 24.3 Å². The van der Waals surface area contributed by atoms with Gasteiger partial charge in [-0.3, -0.25) is 10.1 Å². The van der Waals surface area contributed by atoms with E-state index < -0.39 is 22.0 Å². The number of amides is 1. The molecule has 1 heterocycles. The third-order valence-corrected chi connectivity index (χ3v) is 6.89. The van der Waals surface area contributed by atoms with Crippen molar-refractivity contribution < 1.29 is 13.2 Å². The van der Waals surface area contributed by atoms with E-state index in [-0.39, 0.29) is 11.7 Å². The molecule has 2 N–H and O–H groups in total. The molecule has 3 rings (SSSR count). The van der Waals surface area contributed by atoms with E-state index in [9.17, 15) is 13.2 Å². The molecule has 0 fully saturated rings. The largest absolute Gasteiger partial charge is 0.299 e. The Morgan fingerprint density at radius 2 is 1.67 bits per heavy atom. The monoisotopic (exact) mass is 444 g/mol. The summed E-state index contributed by atoms with van der Waals surface area (Å²) in [5.74, 6) is -0.834. The molecular weight excluding hydrogens is 420 g/mol. The SMILES string of the molecule is CC[C@@H](C)[C@@H](NS(=O)(=O)Cc1ccccc1)C(=O)Nc1nnc(-c2ccccc2)s1. The highest BCUT2D eigenvalue weighted by Gasteiger charge is 2.29. The van der Waals surface area contributed by atoms with E-state index in [0.717, 1.165) is 5.56 Å². The summed E-state index contributed by atoms with van der Waals surface area (Å²) in [6.45, 7) is 3.75. The molecule has 7 nitrogen and oxygen atoms in total. The van der Waals surface area contributed by atoms with Gasteiger partial charge < -0.3 is 0 Å². The molecule has 0 aliphatic carbocycles. The van der Waals surface area contributed by atoms with Gasteiger partial charge in [0.15, 0.2) is 0 Å². The number of nitrogens with one attached hydrogen (secondary N) is 2. The zero-order valence-electron chi connectivity index (χ0n) is 16.8. The van der Waals surface area contributed by atoms with Crippen molar-refractivity contribution in [1.82, 2.24) is 14.9 Å². The van der Waals surface area contributed by atoms with Crippen LogP contribution in [0.2, 0.25) is 0 Å². The maximum Gasteiger partial charge on any atom is 0.244 e. The molecule has 0 radical (unpaired) electrons. The minimum absolute atomic E-state index is 0.189. The fraction of sp³-hybridized carbons (Fsp3) is 0.286. The maximum atomic E-state index is 12.9. The number of carbonyl (C=O) groups is 1. The molecule has 158 valence electrons. The number of hydrogen-bond acceptors (Lipinski definition) is 6. The molecule has 0 unspecified atom stereocenters. The summed E-state index contributed by atoms with van der Waals surface area (Å²) >= 11 is 1.24. The Bertz CT molecular complexity index is 1070. The van der Waals surface area contributed by atoms with Crippen molar-refractivity contribution in [3.8, 4) is 10.6 Å². The summed E-state index contributed by atoms with van der Waals surface area (Å²) in [7, 11) is -3.71. The van der Waals surface area contributed by atoms with E-state index >= 15 is 0 Å². The van der Waals surface area contributed by atoms with Crippen LogP contribution in [-0.2, 0) is 20.6 Å². The van der Waals surface area contributed by atoms with E-state index in [1.807, 2.05) is 50.2 Å². The molecule has 2 aromatic carbocycles. The predicted molar refractivity (Wildman–Crippen MR) is 119 cm³/mol. The molecule has 0 aliphatic rings. The van der Waals surface area contributed by atoms with E-state index in [2.05, 4.69) is 20.2 Å². The lowest BCUT2D eigenvalue weighted by Crippen LogP contribution is -2.47. The minimum atomic E-state index is -3.71. The first kappa shape index (κ1) is 22.1. The van der Waals surface area contributed by atoms with Crippen molar-refractivity contribution in [2.24, 2.45) is 5.92 Å². The predicted octanol–water partition coefficient (Wildman–Crippen LogP) is 3.68. The second kappa shape index (κ2) is 9.92. The van der Waals surface area contributed by atoms with Gasteiger partial charge in [-0.25, -0.2) is 13.1 Å². The quantitative estimate of drug-likeness (QED) is 0.524. The van der Waals surface area contributed by atoms with Crippen LogP contribution in [0.3, 0.4) is 0 Å². The Morgan fingerprint density at radius 1 is 1.03 bits per heavy atom. The van der Waals surface area contributed by atoms with Crippen molar-refractivity contribution in [2.75, 3.05) is 5.32 Å². The number of benzene rings is 2. The number of rotatable bonds is 9. The summed E-state index contributed by atoms with van der Waals surface area (Å²) < 4.78 is 27.9. The van der Waals surface area contributed by atoms with Gasteiger partial charge in [-0.15, -0.1) is 10.2 Å². The normalized spacial score (nSPS) is 13.5. The Morgan fingerprint density at radius 3 is 2.30 bits per heavy atom. The Kier molecular flexibility index (Phi) is 7.30. The molecule has 0 saturated carbocycles. The van der Waals surface area contributed by atoms with Crippen LogP contribution in [0.1, 0.15) is 25.8 Å². The van der Waals surface area contributed by atoms with E-state index in [0.29, 0.717) is 22.1 Å². The lowest BCUT2D eigenvalue weighted by atomic mass is 9.99. The van der Waals surface area contributed by atoms with Gasteiger partial charge in [0.2, 0.25) is 21.1 Å². The van der Waals surface area contributed by atoms with Crippen LogP contribution in [0.4, 0.5) is 5.13 Å². The van der Waals surface area contributed by atoms with Crippen molar-refractivity contribution in [3.63, 3.8) is 0 Å². The standard InChI is InChI=1S/C21H24N4O3S2/c1-3-15(2)18(25-30(27,28)14-16-10-6-4-7-11-16)19(26)22-21-24-23-20(29-21)17-12-8-5-9-13-17/h4-13,15,18,25H,3,14H2,1-2H3,(H,22,24,26)/t15-,18-/m1/s1. The molecule has 9 heteroatoms. The summed E-state index contributed by atoms with van der Waals surface area (Å²) in [4.78, 5) is 12.9. The van der Waals surface area contributed by atoms with Gasteiger partial charge in [-0.1, -0.05) is 92.3 Å². The van der Waals surface area contributed by atoms with Crippen molar-refractivity contribution in [2.45, 2.75) is 32.1 Å². The molecule has 0 bridgehead atoms. The fourth-order valence-electron chi connectivity index (χ4n) is 2.85. The lowest BCUT2D eigenvalue weighted by molar-refractivity contribution is -0.118. The number of hydrogen-bond donors (Lipinski definition) is 2. The number of anilines is 1. The van der Waals surface area contributed by atoms with Gasteiger partial charge >= 0.3 is 0 Å². The van der Waals surface area contributed by atoms with Crippen LogP contribution < -0.4 is 10.0 Å². The smallest absolute Gasteiger partial charge is 0.244 e. The molecule has 3 aromatic rings. The van der Waals surface area contributed by atoms with Crippen LogP contribution >= 0.6 is 11.3 Å². The molecule has 0 saturated heterocycles. The summed E-state index contributed by atoms with van der Waals surface area (Å²) in [5, 5.41) is 11.9. The zero-order valence-corrected chi connectivity index (χ0v) is 18.4. The highest BCUT2D eigenvalue weighted by atomic mass is 32.2. The first-order valence-corrected chi connectivity index (χ1v) is 12.1. The van der Waals surface area contributed by atoms with Crippen molar-refractivity contribution in [1.29, 1.82) is 0 Å². The van der Waals surface area contributed by atoms with Crippen molar-refractivity contribution >= 4 is 32.4 Å². The first-order valence-electron chi connectivity index (χ1n) is 9.61. The zero-order chi connectivity index (χ0) is 21.6. The van der Waals surface area contributed by atoms with Crippen LogP contribution in [0, 0.1) is 5.92 Å². The Balaban J connectivity index is 1.72. The lowest BCUT2D eigenvalue weighted by Gasteiger charge is -2.22. The maximum absolute atomic E-state index is 12.9. The number of aromatic nitrogens is 2. The molecule has 1 aromatic heterocycles. The number of sulfonamides is 1. The second-order valence-corrected chi connectivity index (χ2v) is 9.72. The fourth-order valence-corrected chi connectivity index (χ4v) is 5.04. The molecule has 1 amide bonds. The Labute approximate surface area is 180 Å².